The van der Waals surface area contributed by atoms with E-state index < -0.39 is 6.23 Å². The molecule has 0 saturated heterocycles. The SMILES string of the molecule is CC(c1ccccc1)[C@@H](N)O. The Kier molecular flexibility index (Phi) is 2.63. The molecule has 0 amide bonds. The van der Waals surface area contributed by atoms with Crippen molar-refractivity contribution in [3.63, 3.8) is 0 Å². The molecule has 2 atom stereocenters. The maximum absolute atomic E-state index is 9.05. The lowest BCUT2D eigenvalue weighted by Gasteiger charge is -2.13. The highest BCUT2D eigenvalue weighted by Gasteiger charge is 2.09. The van der Waals surface area contributed by atoms with Gasteiger partial charge in [-0.3, -0.25) is 0 Å². The van der Waals surface area contributed by atoms with Crippen LogP contribution >= 0.6 is 0 Å². The Balaban J connectivity index is 2.77. The van der Waals surface area contributed by atoms with Crippen molar-refractivity contribution in [2.75, 3.05) is 0 Å². The summed E-state index contributed by atoms with van der Waals surface area (Å²) in [6.45, 7) is 1.90. The van der Waals surface area contributed by atoms with Gasteiger partial charge in [-0.25, -0.2) is 0 Å². The smallest absolute Gasteiger partial charge is 0.109 e. The molecule has 0 radical (unpaired) electrons. The molecule has 1 aromatic carbocycles. The third kappa shape index (κ3) is 2.03. The molecule has 11 heavy (non-hydrogen) atoms. The van der Waals surface area contributed by atoms with Crippen LogP contribution < -0.4 is 5.73 Å². The molecular weight excluding hydrogens is 138 g/mol. The molecule has 0 aliphatic heterocycles. The Morgan fingerprint density at radius 1 is 1.27 bits per heavy atom. The molecule has 0 aromatic heterocycles. The van der Waals surface area contributed by atoms with Crippen LogP contribution in [0, 0.1) is 0 Å². The van der Waals surface area contributed by atoms with E-state index in [2.05, 4.69) is 0 Å². The number of hydrogen-bond donors (Lipinski definition) is 2. The molecular formula is C9H13NO. The second-order valence-corrected chi connectivity index (χ2v) is 2.69. The molecule has 1 unspecified atom stereocenters. The summed E-state index contributed by atoms with van der Waals surface area (Å²) < 4.78 is 0. The fourth-order valence-corrected chi connectivity index (χ4v) is 0.954. The second kappa shape index (κ2) is 3.51. The Hall–Kier alpha value is -0.860. The predicted molar refractivity (Wildman–Crippen MR) is 45.1 cm³/mol. The average molecular weight is 151 g/mol. The topological polar surface area (TPSA) is 46.2 Å². The van der Waals surface area contributed by atoms with Crippen molar-refractivity contribution in [2.45, 2.75) is 19.1 Å². The van der Waals surface area contributed by atoms with Gasteiger partial charge in [-0.1, -0.05) is 37.3 Å². The molecule has 2 heteroatoms. The van der Waals surface area contributed by atoms with Crippen LogP contribution in [0.2, 0.25) is 0 Å². The van der Waals surface area contributed by atoms with Crippen LogP contribution in [-0.4, -0.2) is 11.3 Å². The largest absolute Gasteiger partial charge is 0.378 e. The molecule has 1 aromatic rings. The van der Waals surface area contributed by atoms with Crippen LogP contribution in [0.5, 0.6) is 0 Å². The highest BCUT2D eigenvalue weighted by atomic mass is 16.3. The average Bonchev–Trinajstić information content (AvgIpc) is 2.05. The quantitative estimate of drug-likeness (QED) is 0.621. The third-order valence-corrected chi connectivity index (χ3v) is 1.84. The Morgan fingerprint density at radius 2 is 1.82 bits per heavy atom. The zero-order valence-electron chi connectivity index (χ0n) is 6.57. The molecule has 60 valence electrons. The maximum atomic E-state index is 9.05. The van der Waals surface area contributed by atoms with Crippen molar-refractivity contribution in [3.8, 4) is 0 Å². The number of rotatable bonds is 2. The normalized spacial score (nSPS) is 15.9. The van der Waals surface area contributed by atoms with E-state index in [9.17, 15) is 0 Å². The lowest BCUT2D eigenvalue weighted by atomic mass is 10.0. The number of nitrogens with two attached hydrogens (primary N) is 1. The first-order valence-electron chi connectivity index (χ1n) is 3.70. The van der Waals surface area contributed by atoms with Crippen molar-refractivity contribution < 1.29 is 5.11 Å². The first-order chi connectivity index (χ1) is 5.22. The first kappa shape index (κ1) is 8.24. The highest BCUT2D eigenvalue weighted by Crippen LogP contribution is 2.15. The zero-order valence-corrected chi connectivity index (χ0v) is 6.57. The highest BCUT2D eigenvalue weighted by molar-refractivity contribution is 5.19. The van der Waals surface area contributed by atoms with E-state index in [-0.39, 0.29) is 5.92 Å². The van der Waals surface area contributed by atoms with E-state index in [1.165, 1.54) is 0 Å². The summed E-state index contributed by atoms with van der Waals surface area (Å²) in [5, 5.41) is 9.05. The van der Waals surface area contributed by atoms with Gasteiger partial charge in [-0.15, -0.1) is 0 Å². The van der Waals surface area contributed by atoms with Crippen LogP contribution in [-0.2, 0) is 0 Å². The molecule has 0 heterocycles. The molecule has 3 N–H and O–H groups in total. The molecule has 0 saturated carbocycles. The second-order valence-electron chi connectivity index (χ2n) is 2.69. The van der Waals surface area contributed by atoms with E-state index in [0.717, 1.165) is 5.56 Å². The molecule has 1 rings (SSSR count). The third-order valence-electron chi connectivity index (χ3n) is 1.84. The van der Waals surface area contributed by atoms with Crippen LogP contribution in [0.3, 0.4) is 0 Å². The van der Waals surface area contributed by atoms with Gasteiger partial charge >= 0.3 is 0 Å². The van der Waals surface area contributed by atoms with E-state index in [0.29, 0.717) is 0 Å². The van der Waals surface area contributed by atoms with Crippen molar-refractivity contribution >= 4 is 0 Å². The van der Waals surface area contributed by atoms with Crippen LogP contribution in [0.15, 0.2) is 30.3 Å². The summed E-state index contributed by atoms with van der Waals surface area (Å²) in [5.41, 5.74) is 6.40. The van der Waals surface area contributed by atoms with Gasteiger partial charge < -0.3 is 10.8 Å². The minimum absolute atomic E-state index is 0.0104. The van der Waals surface area contributed by atoms with Crippen molar-refractivity contribution in [1.29, 1.82) is 0 Å². The van der Waals surface area contributed by atoms with Gasteiger partial charge in [0.1, 0.15) is 6.23 Å². The number of aliphatic hydroxyl groups is 1. The summed E-state index contributed by atoms with van der Waals surface area (Å²) in [5.74, 6) is 0.0104. The minimum Gasteiger partial charge on any atom is -0.378 e. The molecule has 0 fully saturated rings. The molecule has 0 aliphatic carbocycles. The zero-order chi connectivity index (χ0) is 8.27. The van der Waals surface area contributed by atoms with Gasteiger partial charge in [0, 0.05) is 5.92 Å². The maximum Gasteiger partial charge on any atom is 0.109 e. The fourth-order valence-electron chi connectivity index (χ4n) is 0.954. The van der Waals surface area contributed by atoms with Gasteiger partial charge in [-0.05, 0) is 5.56 Å². The van der Waals surface area contributed by atoms with Gasteiger partial charge in [0.05, 0.1) is 0 Å². The lowest BCUT2D eigenvalue weighted by molar-refractivity contribution is 0.156. The summed E-state index contributed by atoms with van der Waals surface area (Å²) >= 11 is 0. The van der Waals surface area contributed by atoms with E-state index in [1.807, 2.05) is 37.3 Å². The molecule has 0 aliphatic rings. The number of aliphatic hydroxyl groups excluding tert-OH is 1. The standard InChI is InChI=1S/C9H13NO/c1-7(9(10)11)8-5-3-2-4-6-8/h2-7,9,11H,10H2,1H3/t7?,9-/m0/s1. The number of benzene rings is 1. The first-order valence-corrected chi connectivity index (χ1v) is 3.70. The van der Waals surface area contributed by atoms with Crippen molar-refractivity contribution in [3.05, 3.63) is 35.9 Å². The number of hydrogen-bond acceptors (Lipinski definition) is 2. The van der Waals surface area contributed by atoms with Gasteiger partial charge in [0.2, 0.25) is 0 Å². The summed E-state index contributed by atoms with van der Waals surface area (Å²) in [4.78, 5) is 0. The van der Waals surface area contributed by atoms with E-state index in [1.54, 1.807) is 0 Å². The fraction of sp³-hybridized carbons (Fsp3) is 0.333. The monoisotopic (exact) mass is 151 g/mol. The summed E-state index contributed by atoms with van der Waals surface area (Å²) in [6.07, 6.45) is -0.766. The van der Waals surface area contributed by atoms with Crippen molar-refractivity contribution in [2.24, 2.45) is 5.73 Å². The van der Waals surface area contributed by atoms with E-state index >= 15 is 0 Å². The Labute approximate surface area is 66.7 Å². The Bertz CT molecular complexity index is 208. The predicted octanol–water partition coefficient (Wildman–Crippen LogP) is 1.07. The molecule has 0 bridgehead atoms. The van der Waals surface area contributed by atoms with Crippen molar-refractivity contribution in [1.82, 2.24) is 0 Å². The van der Waals surface area contributed by atoms with Crippen LogP contribution in [0.1, 0.15) is 18.4 Å². The molecule has 2 nitrogen and oxygen atoms in total. The summed E-state index contributed by atoms with van der Waals surface area (Å²) in [6, 6.07) is 9.74. The van der Waals surface area contributed by atoms with Gasteiger partial charge in [0.15, 0.2) is 0 Å². The summed E-state index contributed by atoms with van der Waals surface area (Å²) in [7, 11) is 0. The van der Waals surface area contributed by atoms with Crippen LogP contribution in [0.4, 0.5) is 0 Å². The minimum atomic E-state index is -0.766. The van der Waals surface area contributed by atoms with Crippen LogP contribution in [0.25, 0.3) is 0 Å². The lowest BCUT2D eigenvalue weighted by Crippen LogP contribution is -2.25. The Morgan fingerprint density at radius 3 is 2.27 bits per heavy atom. The van der Waals surface area contributed by atoms with Gasteiger partial charge in [0.25, 0.3) is 0 Å². The van der Waals surface area contributed by atoms with E-state index in [4.69, 9.17) is 10.8 Å². The molecule has 0 spiro atoms. The van der Waals surface area contributed by atoms with Gasteiger partial charge in [-0.2, -0.15) is 0 Å².